The molecule has 188 valence electrons. The van der Waals surface area contributed by atoms with Gasteiger partial charge in [0.05, 0.1) is 22.4 Å². The summed E-state index contributed by atoms with van der Waals surface area (Å²) in [6.45, 7) is 0. The number of imide groups is 1. The van der Waals surface area contributed by atoms with E-state index in [4.69, 9.17) is 0 Å². The predicted octanol–water partition coefficient (Wildman–Crippen LogP) is 3.24. The zero-order valence-electron chi connectivity index (χ0n) is 19.9. The Balaban J connectivity index is 1.37. The highest BCUT2D eigenvalue weighted by Gasteiger charge is 2.70. The second-order valence-electron chi connectivity index (χ2n) is 9.91. The minimum absolute atomic E-state index is 0.122. The van der Waals surface area contributed by atoms with Gasteiger partial charge in [0.1, 0.15) is 5.54 Å². The third-order valence-electron chi connectivity index (χ3n) is 8.04. The van der Waals surface area contributed by atoms with Gasteiger partial charge in [-0.25, -0.2) is 4.90 Å². The number of aromatic amines is 1. The number of nitrogens with zero attached hydrogens (tertiary/aromatic N) is 2. The van der Waals surface area contributed by atoms with E-state index in [0.29, 0.717) is 17.7 Å². The molecule has 4 aromatic rings. The molecule has 4 heterocycles. The smallest absolute Gasteiger partial charge is 0.271 e. The van der Waals surface area contributed by atoms with Gasteiger partial charge in [-0.1, -0.05) is 42.5 Å². The van der Waals surface area contributed by atoms with E-state index in [2.05, 4.69) is 15.6 Å². The molecule has 1 spiro atoms. The molecule has 0 aliphatic carbocycles. The van der Waals surface area contributed by atoms with Crippen LogP contribution in [-0.4, -0.2) is 33.7 Å². The van der Waals surface area contributed by atoms with Crippen molar-refractivity contribution in [3.63, 3.8) is 0 Å². The van der Waals surface area contributed by atoms with Crippen molar-refractivity contribution in [2.24, 2.45) is 11.8 Å². The van der Waals surface area contributed by atoms with Crippen molar-refractivity contribution in [3.05, 3.63) is 100 Å². The molecule has 3 aromatic carbocycles. The Morgan fingerprint density at radius 3 is 2.58 bits per heavy atom. The topological polar surface area (TPSA) is 137 Å². The molecule has 38 heavy (non-hydrogen) atoms. The van der Waals surface area contributed by atoms with Gasteiger partial charge in [-0.2, -0.15) is 0 Å². The molecule has 0 bridgehead atoms. The van der Waals surface area contributed by atoms with Crippen LogP contribution in [-0.2, 0) is 26.3 Å². The van der Waals surface area contributed by atoms with Crippen LogP contribution in [0.5, 0.6) is 0 Å². The number of carbonyl (C=O) groups excluding carboxylic acids is 3. The van der Waals surface area contributed by atoms with Crippen molar-refractivity contribution in [2.45, 2.75) is 18.0 Å². The number of rotatable bonds is 4. The van der Waals surface area contributed by atoms with Crippen molar-refractivity contribution in [1.82, 2.24) is 10.3 Å². The number of nitrogens with one attached hydrogen (secondary N) is 3. The van der Waals surface area contributed by atoms with Gasteiger partial charge in [0.25, 0.3) is 5.69 Å². The molecule has 10 nitrogen and oxygen atoms in total. The normalized spacial score (nSPS) is 25.7. The number of nitro groups is 1. The zero-order chi connectivity index (χ0) is 26.2. The van der Waals surface area contributed by atoms with Gasteiger partial charge in [0.2, 0.25) is 17.7 Å². The predicted molar refractivity (Wildman–Crippen MR) is 138 cm³/mol. The Bertz CT molecular complexity index is 1700. The number of nitro benzene ring substituents is 1. The maximum absolute atomic E-state index is 14.1. The number of carbonyl (C=O) groups is 3. The molecule has 2 fully saturated rings. The van der Waals surface area contributed by atoms with E-state index in [1.165, 1.54) is 24.3 Å². The highest BCUT2D eigenvalue weighted by Crippen LogP contribution is 2.54. The van der Waals surface area contributed by atoms with Gasteiger partial charge in [-0.05, 0) is 30.2 Å². The van der Waals surface area contributed by atoms with Crippen molar-refractivity contribution in [1.29, 1.82) is 0 Å². The van der Waals surface area contributed by atoms with Crippen LogP contribution in [0.15, 0.2) is 79.0 Å². The molecule has 1 aromatic heterocycles. The number of anilines is 2. The summed E-state index contributed by atoms with van der Waals surface area (Å²) < 4.78 is 0. The van der Waals surface area contributed by atoms with Crippen LogP contribution in [0.4, 0.5) is 17.1 Å². The van der Waals surface area contributed by atoms with Crippen LogP contribution in [0.3, 0.4) is 0 Å². The van der Waals surface area contributed by atoms with Gasteiger partial charge in [-0.15, -0.1) is 0 Å². The van der Waals surface area contributed by atoms with Crippen molar-refractivity contribution in [2.75, 3.05) is 10.2 Å². The van der Waals surface area contributed by atoms with Crippen LogP contribution in [0.2, 0.25) is 0 Å². The van der Waals surface area contributed by atoms with Crippen LogP contribution >= 0.6 is 0 Å². The molecule has 3 aliphatic rings. The first kappa shape index (κ1) is 22.4. The summed E-state index contributed by atoms with van der Waals surface area (Å²) in [5, 5.41) is 18.7. The quantitative estimate of drug-likeness (QED) is 0.220. The summed E-state index contributed by atoms with van der Waals surface area (Å²) in [4.78, 5) is 56.8. The highest BCUT2D eigenvalue weighted by molar-refractivity contribution is 6.26. The van der Waals surface area contributed by atoms with Crippen LogP contribution < -0.4 is 15.5 Å². The number of non-ortho nitro benzene ring substituents is 1. The SMILES string of the molecule is O=C1[C@@H]2[C@H](Cc3c[nH]c4ccccc34)N[C@]3(C(=O)Nc4ccccc43)[C@H]2C(=O)N1c1cccc([N+](=O)[O-])c1. The lowest BCUT2D eigenvalue weighted by Crippen LogP contribution is -2.53. The van der Waals surface area contributed by atoms with E-state index in [-0.39, 0.29) is 11.4 Å². The summed E-state index contributed by atoms with van der Waals surface area (Å²) in [7, 11) is 0. The molecule has 3 N–H and O–H groups in total. The number of fused-ring (bicyclic) bond motifs is 5. The van der Waals surface area contributed by atoms with Crippen LogP contribution in [0, 0.1) is 22.0 Å². The summed E-state index contributed by atoms with van der Waals surface area (Å²) in [6.07, 6.45) is 2.28. The van der Waals surface area contributed by atoms with Crippen molar-refractivity contribution < 1.29 is 19.3 Å². The number of amides is 3. The molecule has 2 saturated heterocycles. The van der Waals surface area contributed by atoms with E-state index in [1.54, 1.807) is 24.3 Å². The first-order chi connectivity index (χ1) is 18.4. The van der Waals surface area contributed by atoms with Gasteiger partial charge in [0, 0.05) is 46.5 Å². The van der Waals surface area contributed by atoms with Crippen molar-refractivity contribution in [3.8, 4) is 0 Å². The molecular formula is C28H21N5O5. The number of hydrogen-bond donors (Lipinski definition) is 3. The minimum atomic E-state index is -1.44. The highest BCUT2D eigenvalue weighted by atomic mass is 16.6. The fraction of sp³-hybridized carbons (Fsp3) is 0.179. The van der Waals surface area contributed by atoms with E-state index in [0.717, 1.165) is 21.4 Å². The fourth-order valence-electron chi connectivity index (χ4n) is 6.47. The number of benzene rings is 3. The molecule has 3 aliphatic heterocycles. The second kappa shape index (κ2) is 7.83. The molecule has 0 saturated carbocycles. The van der Waals surface area contributed by atoms with E-state index in [9.17, 15) is 24.5 Å². The average Bonchev–Trinajstić information content (AvgIpc) is 3.63. The lowest BCUT2D eigenvalue weighted by atomic mass is 9.76. The monoisotopic (exact) mass is 507 g/mol. The first-order valence-electron chi connectivity index (χ1n) is 12.3. The largest absolute Gasteiger partial charge is 0.361 e. The summed E-state index contributed by atoms with van der Waals surface area (Å²) in [6, 6.07) is 19.9. The molecule has 4 atom stereocenters. The van der Waals surface area contributed by atoms with E-state index >= 15 is 0 Å². The number of aromatic nitrogens is 1. The Labute approximate surface area is 215 Å². The minimum Gasteiger partial charge on any atom is -0.361 e. The van der Waals surface area contributed by atoms with E-state index < -0.39 is 46.1 Å². The lowest BCUT2D eigenvalue weighted by Gasteiger charge is -2.29. The average molecular weight is 508 g/mol. The van der Waals surface area contributed by atoms with Gasteiger partial charge in [0.15, 0.2) is 0 Å². The fourth-order valence-corrected chi connectivity index (χ4v) is 6.47. The maximum atomic E-state index is 14.1. The third-order valence-corrected chi connectivity index (χ3v) is 8.04. The third kappa shape index (κ3) is 2.88. The Morgan fingerprint density at radius 2 is 1.74 bits per heavy atom. The van der Waals surface area contributed by atoms with Gasteiger partial charge in [-0.3, -0.25) is 29.8 Å². The van der Waals surface area contributed by atoms with Gasteiger partial charge < -0.3 is 10.3 Å². The standard InChI is InChI=1S/C28H21N5O5/c34-25-23-22(12-15-14-29-20-10-3-1-8-18(15)20)31-28(19-9-2-4-11-21(19)30-27(28)36)24(23)26(35)32(25)16-6-5-7-17(13-16)33(37)38/h1-11,13-14,22-24,29,31H,12H2,(H,30,36)/t22-,23+,24+,28-/m0/s1. The Hall–Kier alpha value is -4.83. The molecule has 3 amide bonds. The Morgan fingerprint density at radius 1 is 0.947 bits per heavy atom. The molecular weight excluding hydrogens is 486 g/mol. The second-order valence-corrected chi connectivity index (χ2v) is 9.91. The Kier molecular flexibility index (Phi) is 4.61. The molecule has 7 rings (SSSR count). The zero-order valence-corrected chi connectivity index (χ0v) is 19.9. The molecule has 0 unspecified atom stereocenters. The van der Waals surface area contributed by atoms with Gasteiger partial charge >= 0.3 is 0 Å². The summed E-state index contributed by atoms with van der Waals surface area (Å²) in [5.74, 6) is -3.30. The van der Waals surface area contributed by atoms with Crippen LogP contribution in [0.25, 0.3) is 10.9 Å². The lowest BCUT2D eigenvalue weighted by molar-refractivity contribution is -0.384. The number of hydrogen-bond acceptors (Lipinski definition) is 6. The number of H-pyrrole nitrogens is 1. The summed E-state index contributed by atoms with van der Waals surface area (Å²) >= 11 is 0. The summed E-state index contributed by atoms with van der Waals surface area (Å²) in [5.41, 5.74) is 1.55. The first-order valence-corrected chi connectivity index (χ1v) is 12.3. The maximum Gasteiger partial charge on any atom is 0.271 e. The van der Waals surface area contributed by atoms with E-state index in [1.807, 2.05) is 30.5 Å². The molecule has 10 heteroatoms. The van der Waals surface area contributed by atoms with Crippen LogP contribution in [0.1, 0.15) is 11.1 Å². The molecule has 0 radical (unpaired) electrons. The number of para-hydroxylation sites is 2. The van der Waals surface area contributed by atoms with Crippen molar-refractivity contribution >= 4 is 45.7 Å².